The molecule has 0 saturated heterocycles. The molecule has 2 rings (SSSR count). The molecular weight excluding hydrogens is 275 g/mol. The lowest BCUT2D eigenvalue weighted by molar-refractivity contribution is -0.145. The Labute approximate surface area is 112 Å². The van der Waals surface area contributed by atoms with Crippen LogP contribution in [0, 0.1) is 5.92 Å². The molecule has 0 spiro atoms. The Balaban J connectivity index is 2.06. The second-order valence-corrected chi connectivity index (χ2v) is 4.72. The summed E-state index contributed by atoms with van der Waals surface area (Å²) in [5.74, 6) is -2.31. The van der Waals surface area contributed by atoms with Crippen molar-refractivity contribution in [3.8, 4) is 0 Å². The van der Waals surface area contributed by atoms with E-state index in [9.17, 15) is 22.8 Å². The summed E-state index contributed by atoms with van der Waals surface area (Å²) in [6.07, 6.45) is -4.11. The molecule has 1 aliphatic carbocycles. The molecule has 0 unspecified atom stereocenters. The number of carbonyl (C=O) groups excluding carboxylic acids is 1. The van der Waals surface area contributed by atoms with Gasteiger partial charge in [-0.05, 0) is 25.0 Å². The number of carboxylic acid groups (broad SMARTS) is 1. The molecule has 1 aliphatic rings. The van der Waals surface area contributed by atoms with Crippen LogP contribution in [0.15, 0.2) is 24.3 Å². The normalized spacial score (nSPS) is 21.9. The van der Waals surface area contributed by atoms with Crippen LogP contribution in [-0.4, -0.2) is 23.0 Å². The summed E-state index contributed by atoms with van der Waals surface area (Å²) in [7, 11) is 0. The van der Waals surface area contributed by atoms with Gasteiger partial charge in [0.2, 0.25) is 0 Å². The lowest BCUT2D eigenvalue weighted by Gasteiger charge is -2.33. The van der Waals surface area contributed by atoms with Crippen molar-refractivity contribution in [2.75, 3.05) is 0 Å². The van der Waals surface area contributed by atoms with E-state index < -0.39 is 35.1 Å². The molecule has 1 aromatic rings. The van der Waals surface area contributed by atoms with Crippen molar-refractivity contribution in [1.29, 1.82) is 0 Å². The van der Waals surface area contributed by atoms with Crippen LogP contribution >= 0.6 is 0 Å². The Morgan fingerprint density at radius 1 is 1.20 bits per heavy atom. The van der Waals surface area contributed by atoms with Crippen molar-refractivity contribution in [3.63, 3.8) is 0 Å². The molecule has 108 valence electrons. The maximum absolute atomic E-state index is 12.8. The fourth-order valence-electron chi connectivity index (χ4n) is 2.13. The van der Waals surface area contributed by atoms with E-state index in [0.717, 1.165) is 12.1 Å². The van der Waals surface area contributed by atoms with E-state index in [1.807, 2.05) is 0 Å². The molecule has 0 heterocycles. The molecular formula is C13H12F3NO3. The number of hydrogen-bond acceptors (Lipinski definition) is 2. The van der Waals surface area contributed by atoms with Crippen LogP contribution in [0.4, 0.5) is 13.2 Å². The average molecular weight is 287 g/mol. The van der Waals surface area contributed by atoms with Gasteiger partial charge in [0, 0.05) is 6.04 Å². The highest BCUT2D eigenvalue weighted by Crippen LogP contribution is 2.32. The molecule has 1 aromatic carbocycles. The molecule has 0 aromatic heterocycles. The SMILES string of the molecule is O=C(NC1CC(C(=O)O)C1)c1ccccc1C(F)(F)F. The van der Waals surface area contributed by atoms with Gasteiger partial charge in [0.05, 0.1) is 17.0 Å². The monoisotopic (exact) mass is 287 g/mol. The Bertz CT molecular complexity index is 536. The maximum atomic E-state index is 12.8. The fraction of sp³-hybridized carbons (Fsp3) is 0.385. The van der Waals surface area contributed by atoms with Crippen LogP contribution in [-0.2, 0) is 11.0 Å². The Kier molecular flexibility index (Phi) is 3.69. The van der Waals surface area contributed by atoms with Crippen LogP contribution in [0.25, 0.3) is 0 Å². The zero-order valence-corrected chi connectivity index (χ0v) is 10.3. The first kappa shape index (κ1) is 14.4. The zero-order chi connectivity index (χ0) is 14.9. The van der Waals surface area contributed by atoms with Gasteiger partial charge in [-0.2, -0.15) is 13.2 Å². The minimum atomic E-state index is -4.60. The van der Waals surface area contributed by atoms with Gasteiger partial charge in [0.1, 0.15) is 0 Å². The molecule has 4 nitrogen and oxygen atoms in total. The van der Waals surface area contributed by atoms with Crippen molar-refractivity contribution in [2.45, 2.75) is 25.1 Å². The number of rotatable bonds is 3. The molecule has 0 atom stereocenters. The highest BCUT2D eigenvalue weighted by Gasteiger charge is 2.38. The summed E-state index contributed by atoms with van der Waals surface area (Å²) < 4.78 is 38.3. The van der Waals surface area contributed by atoms with Crippen molar-refractivity contribution in [2.24, 2.45) is 5.92 Å². The molecule has 1 amide bonds. The molecule has 20 heavy (non-hydrogen) atoms. The first-order valence-corrected chi connectivity index (χ1v) is 5.99. The van der Waals surface area contributed by atoms with Crippen LogP contribution in [0.5, 0.6) is 0 Å². The van der Waals surface area contributed by atoms with Crippen molar-refractivity contribution >= 4 is 11.9 Å². The third-order valence-corrected chi connectivity index (χ3v) is 3.30. The van der Waals surface area contributed by atoms with Crippen molar-refractivity contribution < 1.29 is 27.9 Å². The Morgan fingerprint density at radius 2 is 1.80 bits per heavy atom. The van der Waals surface area contributed by atoms with Crippen LogP contribution in [0.1, 0.15) is 28.8 Å². The number of carbonyl (C=O) groups is 2. The van der Waals surface area contributed by atoms with Gasteiger partial charge in [-0.15, -0.1) is 0 Å². The average Bonchev–Trinajstić information content (AvgIpc) is 2.31. The summed E-state index contributed by atoms with van der Waals surface area (Å²) in [5.41, 5.74) is -1.44. The number of aliphatic carboxylic acids is 1. The first-order valence-electron chi connectivity index (χ1n) is 5.99. The topological polar surface area (TPSA) is 66.4 Å². The summed E-state index contributed by atoms with van der Waals surface area (Å²) in [4.78, 5) is 22.4. The van der Waals surface area contributed by atoms with E-state index in [1.165, 1.54) is 12.1 Å². The fourth-order valence-corrected chi connectivity index (χ4v) is 2.13. The summed E-state index contributed by atoms with van der Waals surface area (Å²) in [6.45, 7) is 0. The summed E-state index contributed by atoms with van der Waals surface area (Å²) >= 11 is 0. The zero-order valence-electron chi connectivity index (χ0n) is 10.3. The van der Waals surface area contributed by atoms with E-state index in [0.29, 0.717) is 0 Å². The largest absolute Gasteiger partial charge is 0.481 e. The third-order valence-electron chi connectivity index (χ3n) is 3.30. The number of halogens is 3. The van der Waals surface area contributed by atoms with Crippen molar-refractivity contribution in [1.82, 2.24) is 5.32 Å². The van der Waals surface area contributed by atoms with Gasteiger partial charge in [-0.3, -0.25) is 9.59 Å². The first-order chi connectivity index (χ1) is 9.29. The number of carboxylic acids is 1. The summed E-state index contributed by atoms with van der Waals surface area (Å²) in [5, 5.41) is 11.1. The quantitative estimate of drug-likeness (QED) is 0.896. The minimum Gasteiger partial charge on any atom is -0.481 e. The standard InChI is InChI=1S/C13H12F3NO3/c14-13(15,16)10-4-2-1-3-9(10)11(18)17-8-5-7(6-8)12(19)20/h1-4,7-8H,5-6H2,(H,17,18)(H,19,20). The Hall–Kier alpha value is -2.05. The maximum Gasteiger partial charge on any atom is 0.417 e. The molecule has 2 N–H and O–H groups in total. The lowest BCUT2D eigenvalue weighted by Crippen LogP contribution is -2.47. The van der Waals surface area contributed by atoms with Gasteiger partial charge in [0.15, 0.2) is 0 Å². The van der Waals surface area contributed by atoms with Crippen LogP contribution in [0.3, 0.4) is 0 Å². The molecule has 0 radical (unpaired) electrons. The second-order valence-electron chi connectivity index (χ2n) is 4.72. The Morgan fingerprint density at radius 3 is 2.35 bits per heavy atom. The van der Waals surface area contributed by atoms with Gasteiger partial charge in [0.25, 0.3) is 5.91 Å². The number of amides is 1. The lowest BCUT2D eigenvalue weighted by atomic mass is 9.80. The third kappa shape index (κ3) is 2.92. The molecule has 7 heteroatoms. The highest BCUT2D eigenvalue weighted by atomic mass is 19.4. The van der Waals surface area contributed by atoms with Gasteiger partial charge < -0.3 is 10.4 Å². The van der Waals surface area contributed by atoms with Crippen LogP contribution in [0.2, 0.25) is 0 Å². The van der Waals surface area contributed by atoms with E-state index in [4.69, 9.17) is 5.11 Å². The second kappa shape index (κ2) is 5.15. The number of hydrogen-bond donors (Lipinski definition) is 2. The van der Waals surface area contributed by atoms with E-state index in [-0.39, 0.29) is 18.9 Å². The predicted molar refractivity (Wildman–Crippen MR) is 63.1 cm³/mol. The predicted octanol–water partition coefficient (Wildman–Crippen LogP) is 2.30. The number of nitrogens with one attached hydrogen (secondary N) is 1. The molecule has 1 saturated carbocycles. The number of alkyl halides is 3. The molecule has 1 fully saturated rings. The summed E-state index contributed by atoms with van der Waals surface area (Å²) in [6, 6.07) is 4.13. The minimum absolute atomic E-state index is 0.245. The highest BCUT2D eigenvalue weighted by molar-refractivity contribution is 5.96. The van der Waals surface area contributed by atoms with Gasteiger partial charge in [-0.25, -0.2) is 0 Å². The van der Waals surface area contributed by atoms with Crippen LogP contribution < -0.4 is 5.32 Å². The van der Waals surface area contributed by atoms with E-state index in [2.05, 4.69) is 5.32 Å². The van der Waals surface area contributed by atoms with Gasteiger partial charge in [-0.1, -0.05) is 12.1 Å². The number of benzene rings is 1. The van der Waals surface area contributed by atoms with E-state index in [1.54, 1.807) is 0 Å². The smallest absolute Gasteiger partial charge is 0.417 e. The van der Waals surface area contributed by atoms with Gasteiger partial charge >= 0.3 is 12.1 Å². The van der Waals surface area contributed by atoms with Crippen molar-refractivity contribution in [3.05, 3.63) is 35.4 Å². The van der Waals surface area contributed by atoms with E-state index >= 15 is 0 Å². The molecule has 0 bridgehead atoms. The molecule has 0 aliphatic heterocycles.